The third kappa shape index (κ3) is 2.54. The molecule has 2 heteroatoms. The van der Waals surface area contributed by atoms with Crippen LogP contribution >= 0.6 is 0 Å². The van der Waals surface area contributed by atoms with Gasteiger partial charge in [0.15, 0.2) is 0 Å². The quantitative estimate of drug-likeness (QED) is 0.752. The van der Waals surface area contributed by atoms with Crippen molar-refractivity contribution in [2.45, 2.75) is 58.0 Å². The largest absolute Gasteiger partial charge is 0.308 e. The van der Waals surface area contributed by atoms with Gasteiger partial charge in [0, 0.05) is 31.2 Å². The molecule has 1 saturated carbocycles. The summed E-state index contributed by atoms with van der Waals surface area (Å²) in [6.07, 6.45) is 5.65. The predicted octanol–water partition coefficient (Wildman–Crippen LogP) is 2.25. The molecule has 1 atom stereocenters. The summed E-state index contributed by atoms with van der Waals surface area (Å²) < 4.78 is 0. The molecule has 15 heavy (non-hydrogen) atoms. The van der Waals surface area contributed by atoms with E-state index in [9.17, 15) is 0 Å². The molecule has 2 fully saturated rings. The Morgan fingerprint density at radius 3 is 2.60 bits per heavy atom. The smallest absolute Gasteiger partial charge is 0.0309 e. The number of piperazine rings is 1. The van der Waals surface area contributed by atoms with Crippen LogP contribution in [-0.4, -0.2) is 36.1 Å². The standard InChI is InChI=1S/C13H26N2/c1-11(2)9-15-10-13(6-4-5-7-13)14-8-12(15)3/h11-12,14H,4-10H2,1-3H3. The molecule has 0 amide bonds. The van der Waals surface area contributed by atoms with Crippen LogP contribution < -0.4 is 5.32 Å². The van der Waals surface area contributed by atoms with Crippen LogP contribution in [0.15, 0.2) is 0 Å². The lowest BCUT2D eigenvalue weighted by atomic mass is 9.92. The van der Waals surface area contributed by atoms with Crippen molar-refractivity contribution in [3.63, 3.8) is 0 Å². The van der Waals surface area contributed by atoms with E-state index in [1.807, 2.05) is 0 Å². The van der Waals surface area contributed by atoms with Crippen molar-refractivity contribution in [2.24, 2.45) is 5.92 Å². The van der Waals surface area contributed by atoms with Gasteiger partial charge in [-0.25, -0.2) is 0 Å². The summed E-state index contributed by atoms with van der Waals surface area (Å²) in [4.78, 5) is 2.70. The molecular weight excluding hydrogens is 184 g/mol. The number of rotatable bonds is 2. The fourth-order valence-corrected chi connectivity index (χ4v) is 3.19. The van der Waals surface area contributed by atoms with E-state index in [0.29, 0.717) is 5.54 Å². The highest BCUT2D eigenvalue weighted by atomic mass is 15.3. The lowest BCUT2D eigenvalue weighted by Gasteiger charge is -2.46. The highest BCUT2D eigenvalue weighted by Crippen LogP contribution is 2.33. The molecule has 1 N–H and O–H groups in total. The first-order valence-electron chi connectivity index (χ1n) is 6.60. The Bertz CT molecular complexity index is 207. The van der Waals surface area contributed by atoms with Gasteiger partial charge in [0.05, 0.1) is 0 Å². The monoisotopic (exact) mass is 210 g/mol. The summed E-state index contributed by atoms with van der Waals surface area (Å²) in [5.74, 6) is 0.795. The lowest BCUT2D eigenvalue weighted by molar-refractivity contribution is 0.0788. The van der Waals surface area contributed by atoms with Crippen LogP contribution in [-0.2, 0) is 0 Å². The van der Waals surface area contributed by atoms with Gasteiger partial charge in [-0.3, -0.25) is 4.90 Å². The Kier molecular flexibility index (Phi) is 3.36. The average Bonchev–Trinajstić information content (AvgIpc) is 2.60. The van der Waals surface area contributed by atoms with E-state index in [4.69, 9.17) is 0 Å². The molecule has 2 aliphatic rings. The molecular formula is C13H26N2. The molecule has 2 rings (SSSR count). The van der Waals surface area contributed by atoms with E-state index >= 15 is 0 Å². The summed E-state index contributed by atoms with van der Waals surface area (Å²) in [7, 11) is 0. The predicted molar refractivity (Wildman–Crippen MR) is 65.1 cm³/mol. The second-order valence-electron chi connectivity index (χ2n) is 6.04. The minimum Gasteiger partial charge on any atom is -0.308 e. The molecule has 0 radical (unpaired) electrons. The maximum Gasteiger partial charge on any atom is 0.0309 e. The normalized spacial score (nSPS) is 31.6. The SMILES string of the molecule is CC(C)CN1CC2(CCCC2)NCC1C. The third-order valence-corrected chi connectivity index (χ3v) is 4.06. The molecule has 0 aromatic rings. The Hall–Kier alpha value is -0.0800. The second kappa shape index (κ2) is 4.42. The highest BCUT2D eigenvalue weighted by molar-refractivity contribution is 5.00. The van der Waals surface area contributed by atoms with E-state index in [1.54, 1.807) is 0 Å². The molecule has 1 spiro atoms. The average molecular weight is 210 g/mol. The van der Waals surface area contributed by atoms with Crippen molar-refractivity contribution in [3.05, 3.63) is 0 Å². The van der Waals surface area contributed by atoms with E-state index in [0.717, 1.165) is 12.0 Å². The Balaban J connectivity index is 1.97. The minimum atomic E-state index is 0.487. The van der Waals surface area contributed by atoms with Crippen molar-refractivity contribution in [3.8, 4) is 0 Å². The summed E-state index contributed by atoms with van der Waals surface area (Å²) in [6.45, 7) is 10.8. The summed E-state index contributed by atoms with van der Waals surface area (Å²) in [6, 6.07) is 0.721. The van der Waals surface area contributed by atoms with Crippen LogP contribution in [0.3, 0.4) is 0 Å². The van der Waals surface area contributed by atoms with Gasteiger partial charge in [-0.05, 0) is 25.7 Å². The van der Waals surface area contributed by atoms with Gasteiger partial charge >= 0.3 is 0 Å². The number of hydrogen-bond donors (Lipinski definition) is 1. The topological polar surface area (TPSA) is 15.3 Å². The summed E-state index contributed by atoms with van der Waals surface area (Å²) in [5, 5.41) is 3.81. The molecule has 0 aromatic heterocycles. The van der Waals surface area contributed by atoms with Crippen LogP contribution in [0.25, 0.3) is 0 Å². The Labute approximate surface area is 94.4 Å². The van der Waals surface area contributed by atoms with Crippen molar-refractivity contribution >= 4 is 0 Å². The second-order valence-corrected chi connectivity index (χ2v) is 6.04. The zero-order valence-corrected chi connectivity index (χ0v) is 10.6. The van der Waals surface area contributed by atoms with Crippen molar-refractivity contribution < 1.29 is 0 Å². The first kappa shape index (κ1) is 11.4. The maximum absolute atomic E-state index is 3.81. The number of nitrogens with one attached hydrogen (secondary N) is 1. The number of hydrogen-bond acceptors (Lipinski definition) is 2. The summed E-state index contributed by atoms with van der Waals surface area (Å²) in [5.41, 5.74) is 0.487. The van der Waals surface area contributed by atoms with Gasteiger partial charge in [-0.1, -0.05) is 26.7 Å². The van der Waals surface area contributed by atoms with Gasteiger partial charge < -0.3 is 5.32 Å². The summed E-state index contributed by atoms with van der Waals surface area (Å²) >= 11 is 0. The van der Waals surface area contributed by atoms with Crippen LogP contribution in [0, 0.1) is 5.92 Å². The van der Waals surface area contributed by atoms with Crippen molar-refractivity contribution in [1.29, 1.82) is 0 Å². The molecule has 0 aromatic carbocycles. The first-order valence-corrected chi connectivity index (χ1v) is 6.60. The number of nitrogens with zero attached hydrogens (tertiary/aromatic N) is 1. The van der Waals surface area contributed by atoms with E-state index < -0.39 is 0 Å². The van der Waals surface area contributed by atoms with Gasteiger partial charge in [-0.15, -0.1) is 0 Å². The van der Waals surface area contributed by atoms with E-state index in [1.165, 1.54) is 45.3 Å². The molecule has 1 unspecified atom stereocenters. The van der Waals surface area contributed by atoms with Gasteiger partial charge in [-0.2, -0.15) is 0 Å². The van der Waals surface area contributed by atoms with Crippen LogP contribution in [0.2, 0.25) is 0 Å². The van der Waals surface area contributed by atoms with Crippen molar-refractivity contribution in [1.82, 2.24) is 10.2 Å². The highest BCUT2D eigenvalue weighted by Gasteiger charge is 2.39. The van der Waals surface area contributed by atoms with Crippen LogP contribution in [0.4, 0.5) is 0 Å². The van der Waals surface area contributed by atoms with E-state index in [2.05, 4.69) is 31.0 Å². The minimum absolute atomic E-state index is 0.487. The molecule has 1 heterocycles. The molecule has 2 nitrogen and oxygen atoms in total. The first-order chi connectivity index (χ1) is 7.11. The Morgan fingerprint density at radius 1 is 1.33 bits per heavy atom. The van der Waals surface area contributed by atoms with E-state index in [-0.39, 0.29) is 0 Å². The molecule has 88 valence electrons. The van der Waals surface area contributed by atoms with Gasteiger partial charge in [0.2, 0.25) is 0 Å². The van der Waals surface area contributed by atoms with Crippen molar-refractivity contribution in [2.75, 3.05) is 19.6 Å². The van der Waals surface area contributed by atoms with Crippen LogP contribution in [0.5, 0.6) is 0 Å². The maximum atomic E-state index is 3.81. The van der Waals surface area contributed by atoms with Crippen LogP contribution in [0.1, 0.15) is 46.5 Å². The fraction of sp³-hybridized carbons (Fsp3) is 1.00. The third-order valence-electron chi connectivity index (χ3n) is 4.06. The fourth-order valence-electron chi connectivity index (χ4n) is 3.19. The molecule has 1 saturated heterocycles. The molecule has 1 aliphatic carbocycles. The van der Waals surface area contributed by atoms with Gasteiger partial charge in [0.1, 0.15) is 0 Å². The lowest BCUT2D eigenvalue weighted by Crippen LogP contribution is -2.62. The molecule has 0 bridgehead atoms. The van der Waals surface area contributed by atoms with Gasteiger partial charge in [0.25, 0.3) is 0 Å². The molecule has 1 aliphatic heterocycles. The zero-order valence-electron chi connectivity index (χ0n) is 10.6. The zero-order chi connectivity index (χ0) is 10.9. The Morgan fingerprint density at radius 2 is 2.00 bits per heavy atom.